The second kappa shape index (κ2) is 8.29. The SMILES string of the molecule is CC(C)C[C@H](NC(=O)c1cc(Cl)ccn1)C(=O)NC1CCCC1. The Balaban J connectivity index is 2.02. The van der Waals surface area contributed by atoms with E-state index in [1.807, 2.05) is 13.8 Å². The van der Waals surface area contributed by atoms with Crippen LogP contribution in [0.5, 0.6) is 0 Å². The van der Waals surface area contributed by atoms with E-state index in [0.29, 0.717) is 17.4 Å². The van der Waals surface area contributed by atoms with Gasteiger partial charge in [-0.05, 0) is 37.3 Å². The van der Waals surface area contributed by atoms with Crippen molar-refractivity contribution in [2.45, 2.75) is 58.0 Å². The molecule has 1 fully saturated rings. The van der Waals surface area contributed by atoms with Crippen molar-refractivity contribution in [1.82, 2.24) is 15.6 Å². The van der Waals surface area contributed by atoms with Crippen LogP contribution in [-0.2, 0) is 4.79 Å². The Kier molecular flexibility index (Phi) is 6.39. The number of halogens is 1. The summed E-state index contributed by atoms with van der Waals surface area (Å²) < 4.78 is 0. The first-order valence-corrected chi connectivity index (χ1v) is 8.56. The number of rotatable bonds is 6. The van der Waals surface area contributed by atoms with Crippen molar-refractivity contribution in [2.24, 2.45) is 5.92 Å². The third kappa shape index (κ3) is 5.50. The monoisotopic (exact) mass is 337 g/mol. The highest BCUT2D eigenvalue weighted by atomic mass is 35.5. The highest BCUT2D eigenvalue weighted by molar-refractivity contribution is 6.30. The fraction of sp³-hybridized carbons (Fsp3) is 0.588. The van der Waals surface area contributed by atoms with Crippen LogP contribution in [0.25, 0.3) is 0 Å². The molecule has 1 saturated carbocycles. The number of amides is 2. The number of hydrogen-bond donors (Lipinski definition) is 2. The van der Waals surface area contributed by atoms with Crippen molar-refractivity contribution < 1.29 is 9.59 Å². The van der Waals surface area contributed by atoms with E-state index >= 15 is 0 Å². The van der Waals surface area contributed by atoms with Crippen LogP contribution < -0.4 is 10.6 Å². The number of nitrogens with one attached hydrogen (secondary N) is 2. The zero-order valence-corrected chi connectivity index (χ0v) is 14.4. The van der Waals surface area contributed by atoms with Gasteiger partial charge in [0.15, 0.2) is 0 Å². The Labute approximate surface area is 142 Å². The first kappa shape index (κ1) is 17.7. The third-order valence-corrected chi connectivity index (χ3v) is 4.22. The van der Waals surface area contributed by atoms with Gasteiger partial charge in [0.25, 0.3) is 5.91 Å². The van der Waals surface area contributed by atoms with Gasteiger partial charge < -0.3 is 10.6 Å². The minimum absolute atomic E-state index is 0.110. The van der Waals surface area contributed by atoms with E-state index in [1.54, 1.807) is 6.07 Å². The molecule has 1 heterocycles. The summed E-state index contributed by atoms with van der Waals surface area (Å²) in [5.74, 6) is -0.192. The molecule has 0 aliphatic heterocycles. The van der Waals surface area contributed by atoms with Crippen molar-refractivity contribution in [3.8, 4) is 0 Å². The average Bonchev–Trinajstić information content (AvgIpc) is 2.99. The molecule has 0 spiro atoms. The molecule has 0 unspecified atom stereocenters. The van der Waals surface area contributed by atoms with Gasteiger partial charge in [0.05, 0.1) is 0 Å². The van der Waals surface area contributed by atoms with Crippen LogP contribution in [0.4, 0.5) is 0 Å². The Morgan fingerprint density at radius 3 is 2.65 bits per heavy atom. The fourth-order valence-electron chi connectivity index (χ4n) is 2.84. The summed E-state index contributed by atoms with van der Waals surface area (Å²) in [5, 5.41) is 6.29. The van der Waals surface area contributed by atoms with Gasteiger partial charge in [-0.1, -0.05) is 38.3 Å². The molecule has 1 aromatic heterocycles. The lowest BCUT2D eigenvalue weighted by Crippen LogP contribution is -2.49. The highest BCUT2D eigenvalue weighted by Gasteiger charge is 2.26. The van der Waals surface area contributed by atoms with Gasteiger partial charge in [0.2, 0.25) is 5.91 Å². The minimum atomic E-state index is -0.552. The molecular weight excluding hydrogens is 314 g/mol. The lowest BCUT2D eigenvalue weighted by molar-refractivity contribution is -0.124. The number of carbonyl (C=O) groups excluding carboxylic acids is 2. The van der Waals surface area contributed by atoms with Crippen LogP contribution >= 0.6 is 11.6 Å². The first-order valence-electron chi connectivity index (χ1n) is 8.18. The molecule has 0 radical (unpaired) electrons. The molecule has 1 aliphatic rings. The summed E-state index contributed by atoms with van der Waals surface area (Å²) in [6.07, 6.45) is 6.41. The van der Waals surface area contributed by atoms with Crippen molar-refractivity contribution >= 4 is 23.4 Å². The van der Waals surface area contributed by atoms with E-state index in [2.05, 4.69) is 15.6 Å². The number of nitrogens with zero attached hydrogens (tertiary/aromatic N) is 1. The summed E-state index contributed by atoms with van der Waals surface area (Å²) >= 11 is 5.89. The molecule has 1 aromatic rings. The number of aromatic nitrogens is 1. The van der Waals surface area contributed by atoms with Crippen molar-refractivity contribution in [1.29, 1.82) is 0 Å². The van der Waals surface area contributed by atoms with E-state index in [0.717, 1.165) is 25.7 Å². The van der Waals surface area contributed by atoms with Crippen LogP contribution in [0.15, 0.2) is 18.3 Å². The van der Waals surface area contributed by atoms with Gasteiger partial charge in [0.1, 0.15) is 11.7 Å². The van der Waals surface area contributed by atoms with Crippen LogP contribution in [0.2, 0.25) is 5.02 Å². The molecule has 2 amide bonds. The number of carbonyl (C=O) groups is 2. The van der Waals surface area contributed by atoms with Gasteiger partial charge in [0, 0.05) is 17.3 Å². The highest BCUT2D eigenvalue weighted by Crippen LogP contribution is 2.18. The normalized spacial score (nSPS) is 16.3. The number of hydrogen-bond acceptors (Lipinski definition) is 3. The van der Waals surface area contributed by atoms with E-state index < -0.39 is 6.04 Å². The average molecular weight is 338 g/mol. The summed E-state index contributed by atoms with van der Waals surface area (Å²) in [7, 11) is 0. The molecule has 0 aromatic carbocycles. The molecule has 1 atom stereocenters. The van der Waals surface area contributed by atoms with E-state index in [1.165, 1.54) is 12.3 Å². The molecular formula is C17H24ClN3O2. The Hall–Kier alpha value is -1.62. The van der Waals surface area contributed by atoms with Gasteiger partial charge in [-0.25, -0.2) is 0 Å². The zero-order valence-electron chi connectivity index (χ0n) is 13.6. The van der Waals surface area contributed by atoms with Gasteiger partial charge >= 0.3 is 0 Å². The molecule has 2 rings (SSSR count). The molecule has 0 saturated heterocycles. The molecule has 0 bridgehead atoms. The largest absolute Gasteiger partial charge is 0.352 e. The summed E-state index contributed by atoms with van der Waals surface area (Å²) in [6.45, 7) is 4.05. The Morgan fingerprint density at radius 2 is 2.04 bits per heavy atom. The maximum Gasteiger partial charge on any atom is 0.270 e. The van der Waals surface area contributed by atoms with Crippen molar-refractivity contribution in [3.63, 3.8) is 0 Å². The molecule has 5 nitrogen and oxygen atoms in total. The van der Waals surface area contributed by atoms with E-state index in [4.69, 9.17) is 11.6 Å². The maximum absolute atomic E-state index is 12.5. The topological polar surface area (TPSA) is 71.1 Å². The second-order valence-electron chi connectivity index (χ2n) is 6.50. The summed E-state index contributed by atoms with van der Waals surface area (Å²) in [4.78, 5) is 28.8. The Morgan fingerprint density at radius 1 is 1.35 bits per heavy atom. The van der Waals surface area contributed by atoms with Crippen molar-refractivity contribution in [2.75, 3.05) is 0 Å². The Bertz CT molecular complexity index is 557. The second-order valence-corrected chi connectivity index (χ2v) is 6.94. The van der Waals surface area contributed by atoms with Crippen LogP contribution in [0, 0.1) is 5.92 Å². The predicted molar refractivity (Wildman–Crippen MR) is 90.4 cm³/mol. The van der Waals surface area contributed by atoms with Crippen LogP contribution in [-0.4, -0.2) is 28.9 Å². The summed E-state index contributed by atoms with van der Waals surface area (Å²) in [5.41, 5.74) is 0.222. The standard InChI is InChI=1S/C17H24ClN3O2/c1-11(2)9-15(17(23)20-13-5-3-4-6-13)21-16(22)14-10-12(18)7-8-19-14/h7-8,10-11,13,15H,3-6,9H2,1-2H3,(H,20,23)(H,21,22)/t15-/m0/s1. The van der Waals surface area contributed by atoms with Crippen LogP contribution in [0.1, 0.15) is 56.4 Å². The third-order valence-electron chi connectivity index (χ3n) is 3.99. The molecule has 6 heteroatoms. The predicted octanol–water partition coefficient (Wildman–Crippen LogP) is 2.94. The van der Waals surface area contributed by atoms with Gasteiger partial charge in [-0.15, -0.1) is 0 Å². The molecule has 126 valence electrons. The first-order chi connectivity index (χ1) is 11.0. The van der Waals surface area contributed by atoms with Gasteiger partial charge in [-0.3, -0.25) is 14.6 Å². The lowest BCUT2D eigenvalue weighted by atomic mass is 10.0. The lowest BCUT2D eigenvalue weighted by Gasteiger charge is -2.22. The van der Waals surface area contributed by atoms with Gasteiger partial charge in [-0.2, -0.15) is 0 Å². The molecule has 23 heavy (non-hydrogen) atoms. The fourth-order valence-corrected chi connectivity index (χ4v) is 3.00. The van der Waals surface area contributed by atoms with E-state index in [-0.39, 0.29) is 23.6 Å². The van der Waals surface area contributed by atoms with Crippen molar-refractivity contribution in [3.05, 3.63) is 29.0 Å². The molecule has 1 aliphatic carbocycles. The minimum Gasteiger partial charge on any atom is -0.352 e. The summed E-state index contributed by atoms with van der Waals surface area (Å²) in [6, 6.07) is 2.79. The smallest absolute Gasteiger partial charge is 0.270 e. The number of pyridine rings is 1. The van der Waals surface area contributed by atoms with E-state index in [9.17, 15) is 9.59 Å². The zero-order chi connectivity index (χ0) is 16.8. The van der Waals surface area contributed by atoms with Crippen LogP contribution in [0.3, 0.4) is 0 Å². The quantitative estimate of drug-likeness (QED) is 0.838. The maximum atomic E-state index is 12.5. The molecule has 2 N–H and O–H groups in total.